The predicted octanol–water partition coefficient (Wildman–Crippen LogP) is 5.58. The number of hydrogen-bond donors (Lipinski definition) is 0. The second-order valence-corrected chi connectivity index (χ2v) is 15.4. The van der Waals surface area contributed by atoms with Crippen LogP contribution >= 0.6 is 11.6 Å². The fourth-order valence-electron chi connectivity index (χ4n) is 5.61. The third-order valence-corrected chi connectivity index (χ3v) is 9.83. The minimum Gasteiger partial charge on any atom is -1.00 e. The van der Waals surface area contributed by atoms with Crippen LogP contribution in [0.1, 0.15) is 81.3 Å². The third kappa shape index (κ3) is 9.77. The van der Waals surface area contributed by atoms with Crippen molar-refractivity contribution in [3.05, 3.63) is 166 Å². The number of hydrogen-bond acceptors (Lipinski definition) is 0. The van der Waals surface area contributed by atoms with Gasteiger partial charge in [-0.1, -0.05) is 65.3 Å². The molecule has 0 heterocycles. The van der Waals surface area contributed by atoms with Crippen LogP contribution in [0.2, 0.25) is 5.02 Å². The Morgan fingerprint density at radius 2 is 1.45 bits per heavy atom. The van der Waals surface area contributed by atoms with E-state index in [1.807, 2.05) is 30.4 Å². The summed E-state index contributed by atoms with van der Waals surface area (Å²) in [5, 5.41) is 3.37. The van der Waals surface area contributed by atoms with Crippen LogP contribution in [-0.4, -0.2) is 3.21 Å². The standard InChI is InChI=1S/C21H25.C17H11Cl.C5H5.2ClH.Zr/c1-20(2,3)16-7-9-18-14(12-16)11-15-13-17(21(4,5)6)8-10-19(15)18;18-16-9-3-5-13(12-16)11-15-8-4-7-14-6-1-2-10-17(14)15;1-2-4-5-3-1;;;/h7-10,12H,11H2,1-6H3;1-10,12H;1-3H,4H2;2*1H;/q-1;;-1;;;+2/p-2. The predicted molar refractivity (Wildman–Crippen MR) is 191 cm³/mol. The van der Waals surface area contributed by atoms with Crippen LogP contribution in [0.3, 0.4) is 0 Å². The fourth-order valence-corrected chi connectivity index (χ4v) is 6.72. The summed E-state index contributed by atoms with van der Waals surface area (Å²) in [6.45, 7) is 13.6. The molecule has 2 aliphatic carbocycles. The van der Waals surface area contributed by atoms with E-state index in [0.717, 1.165) is 17.9 Å². The van der Waals surface area contributed by atoms with Gasteiger partial charge in [-0.2, -0.15) is 29.8 Å². The smallest absolute Gasteiger partial charge is 0.109 e. The van der Waals surface area contributed by atoms with Crippen molar-refractivity contribution in [2.75, 3.05) is 0 Å². The van der Waals surface area contributed by atoms with E-state index in [1.54, 1.807) is 0 Å². The second-order valence-electron chi connectivity index (χ2n) is 13.7. The van der Waals surface area contributed by atoms with E-state index in [9.17, 15) is 0 Å². The summed E-state index contributed by atoms with van der Waals surface area (Å²) in [5.41, 5.74) is 11.2. The van der Waals surface area contributed by atoms with Crippen molar-refractivity contribution in [3.8, 4) is 11.1 Å². The molecule has 47 heavy (non-hydrogen) atoms. The monoisotopic (exact) mass is 752 g/mol. The molecule has 0 amide bonds. The molecule has 0 aliphatic heterocycles. The SMILES string of the molecule is CC(C)(C)c1[c-]c2c(cc1)-c1ccc(C(C)(C)C)cc1C2.Clc1cccc([C](=[Zr+2])c2cccc3ccccc23)c1.[C-]1=CC=CC1.[Cl-].[Cl-]. The van der Waals surface area contributed by atoms with Gasteiger partial charge in [0.1, 0.15) is 0 Å². The molecule has 0 saturated heterocycles. The summed E-state index contributed by atoms with van der Waals surface area (Å²) >= 11 is 7.49. The zero-order valence-corrected chi connectivity index (χ0v) is 32.7. The van der Waals surface area contributed by atoms with Gasteiger partial charge in [0.25, 0.3) is 0 Å². The maximum absolute atomic E-state index is 6.09. The Labute approximate surface area is 314 Å². The molecule has 0 aromatic heterocycles. The van der Waals surface area contributed by atoms with Crippen molar-refractivity contribution < 1.29 is 49.0 Å². The van der Waals surface area contributed by atoms with E-state index in [4.69, 9.17) is 11.6 Å². The van der Waals surface area contributed by atoms with Crippen molar-refractivity contribution in [1.82, 2.24) is 0 Å². The van der Waals surface area contributed by atoms with Gasteiger partial charge in [0.2, 0.25) is 0 Å². The molecule has 2 aliphatic rings. The zero-order valence-electron chi connectivity index (χ0n) is 28.0. The normalized spacial score (nSPS) is 12.4. The largest absolute Gasteiger partial charge is 1.00 e. The van der Waals surface area contributed by atoms with Gasteiger partial charge in [-0.05, 0) is 28.4 Å². The number of rotatable bonds is 2. The maximum atomic E-state index is 6.09. The maximum Gasteiger partial charge on any atom is -0.109 e. The minimum atomic E-state index is 0. The van der Waals surface area contributed by atoms with Crippen LogP contribution in [0.5, 0.6) is 0 Å². The molecule has 5 aromatic rings. The molecule has 0 spiro atoms. The molecule has 0 bridgehead atoms. The molecule has 0 N–H and O–H groups in total. The van der Waals surface area contributed by atoms with Crippen LogP contribution < -0.4 is 24.8 Å². The molecular weight excluding hydrogens is 714 g/mol. The summed E-state index contributed by atoms with van der Waals surface area (Å²) in [6.07, 6.45) is 11.0. The van der Waals surface area contributed by atoms with Crippen LogP contribution in [0.25, 0.3) is 21.9 Å². The summed E-state index contributed by atoms with van der Waals surface area (Å²) in [7, 11) is 0. The summed E-state index contributed by atoms with van der Waals surface area (Å²) in [6, 6.07) is 38.2. The second kappa shape index (κ2) is 16.7. The van der Waals surface area contributed by atoms with E-state index < -0.39 is 0 Å². The van der Waals surface area contributed by atoms with Crippen molar-refractivity contribution in [1.29, 1.82) is 0 Å². The molecule has 240 valence electrons. The first kappa shape index (κ1) is 38.9. The van der Waals surface area contributed by atoms with Gasteiger partial charge in [-0.15, -0.1) is 17.5 Å². The topological polar surface area (TPSA) is 0 Å². The third-order valence-electron chi connectivity index (χ3n) is 8.22. The zero-order chi connectivity index (χ0) is 32.2. The first-order valence-corrected chi connectivity index (χ1v) is 17.3. The molecule has 5 aromatic carbocycles. The van der Waals surface area contributed by atoms with Crippen LogP contribution in [0.4, 0.5) is 0 Å². The Hall–Kier alpha value is -2.54. The fraction of sp³-hybridized carbons (Fsp3) is 0.233. The molecule has 0 radical (unpaired) electrons. The molecule has 0 atom stereocenters. The number of halogens is 3. The molecule has 0 nitrogen and oxygen atoms in total. The molecule has 0 saturated carbocycles. The quantitative estimate of drug-likeness (QED) is 0.203. The molecule has 0 unspecified atom stereocenters. The Bertz CT molecular complexity index is 1820. The summed E-state index contributed by atoms with van der Waals surface area (Å²) in [4.78, 5) is 0. The first-order valence-electron chi connectivity index (χ1n) is 15.7. The van der Waals surface area contributed by atoms with E-state index in [0.29, 0.717) is 0 Å². The van der Waals surface area contributed by atoms with Crippen LogP contribution in [-0.2, 0) is 41.5 Å². The van der Waals surface area contributed by atoms with Gasteiger partial charge in [0.15, 0.2) is 0 Å². The molecule has 0 fully saturated rings. The van der Waals surface area contributed by atoms with Crippen molar-refractivity contribution in [2.24, 2.45) is 0 Å². The summed E-state index contributed by atoms with van der Waals surface area (Å²) < 4.78 is 1.34. The van der Waals surface area contributed by atoms with Gasteiger partial charge >= 0.3 is 133 Å². The van der Waals surface area contributed by atoms with Crippen LogP contribution in [0, 0.1) is 12.1 Å². The van der Waals surface area contributed by atoms with Crippen molar-refractivity contribution >= 4 is 25.6 Å². The Balaban J connectivity index is 0.000000215. The van der Waals surface area contributed by atoms with Gasteiger partial charge in [0.05, 0.1) is 0 Å². The first-order chi connectivity index (χ1) is 21.4. The number of fused-ring (bicyclic) bond motifs is 4. The van der Waals surface area contributed by atoms with E-state index in [1.165, 1.54) is 82.7 Å². The minimum absolute atomic E-state index is 0. The van der Waals surface area contributed by atoms with E-state index in [-0.39, 0.29) is 35.6 Å². The van der Waals surface area contributed by atoms with Crippen LogP contribution in [0.15, 0.2) is 115 Å². The molecular formula is C43H41Cl3Zr-2. The Morgan fingerprint density at radius 3 is 2.09 bits per heavy atom. The van der Waals surface area contributed by atoms with E-state index in [2.05, 4.69) is 139 Å². The van der Waals surface area contributed by atoms with Crippen molar-refractivity contribution in [2.45, 2.75) is 65.2 Å². The van der Waals surface area contributed by atoms with Crippen molar-refractivity contribution in [3.63, 3.8) is 0 Å². The average Bonchev–Trinajstić information content (AvgIpc) is 3.71. The average molecular weight is 755 g/mol. The van der Waals surface area contributed by atoms with Gasteiger partial charge in [-0.3, -0.25) is 6.08 Å². The summed E-state index contributed by atoms with van der Waals surface area (Å²) in [5.74, 6) is 0. The van der Waals surface area contributed by atoms with E-state index >= 15 is 0 Å². The van der Waals surface area contributed by atoms with Gasteiger partial charge in [0, 0.05) is 0 Å². The number of benzene rings is 5. The van der Waals surface area contributed by atoms with Gasteiger partial charge < -0.3 is 24.8 Å². The Kier molecular flexibility index (Phi) is 13.8. The Morgan fingerprint density at radius 1 is 0.745 bits per heavy atom. The number of allylic oxidation sites excluding steroid dienone is 4. The van der Waals surface area contributed by atoms with Gasteiger partial charge in [-0.25, -0.2) is 12.2 Å². The molecule has 7 rings (SSSR count). The molecule has 4 heteroatoms.